The van der Waals surface area contributed by atoms with Crippen LogP contribution < -0.4 is 0 Å². The summed E-state index contributed by atoms with van der Waals surface area (Å²) in [5.41, 5.74) is 10.9. The summed E-state index contributed by atoms with van der Waals surface area (Å²) in [5, 5.41) is 0. The van der Waals surface area contributed by atoms with E-state index in [4.69, 9.17) is 0 Å². The molecule has 0 amide bonds. The molecular formula is C38H36Zr. The van der Waals surface area contributed by atoms with Crippen LogP contribution in [-0.2, 0) is 43.5 Å². The van der Waals surface area contributed by atoms with Crippen LogP contribution in [0.4, 0.5) is 0 Å². The van der Waals surface area contributed by atoms with Gasteiger partial charge in [-0.15, -0.1) is 12.0 Å². The average Bonchev–Trinajstić information content (AvgIpc) is 3.67. The molecule has 0 bridgehead atoms. The van der Waals surface area contributed by atoms with Gasteiger partial charge in [0.15, 0.2) is 0 Å². The van der Waals surface area contributed by atoms with Gasteiger partial charge < -0.3 is 0 Å². The summed E-state index contributed by atoms with van der Waals surface area (Å²) in [6, 6.07) is 36.4. The maximum Gasteiger partial charge on any atom is -0.00259 e. The van der Waals surface area contributed by atoms with E-state index in [2.05, 4.69) is 109 Å². The standard InChI is InChI=1S/C27H21.C6H10.C5H5.Zr/c1-3-7-20(8-4-1)15-22-11-13-24-19-25-14-12-23(18-27(25)26(24)17-22)16-21-9-5-2-6-10-21;1-2-4-6-5-3-1;1-2-4-5-3-1;/h1-13,17-18H,15-16,19H2;1-5H2;1-3H,4H2;/q-1;;-1;+2. The number of hydrogen-bond donors (Lipinski definition) is 0. The van der Waals surface area contributed by atoms with Crippen LogP contribution in [0.25, 0.3) is 11.1 Å². The second-order valence-corrected chi connectivity index (χ2v) is 12.3. The summed E-state index contributed by atoms with van der Waals surface area (Å²) < 4.78 is 1.80. The maximum absolute atomic E-state index is 3.55. The Labute approximate surface area is 249 Å². The first-order chi connectivity index (χ1) is 19.2. The topological polar surface area (TPSA) is 0 Å². The van der Waals surface area contributed by atoms with Crippen molar-refractivity contribution in [3.8, 4) is 11.1 Å². The molecule has 0 N–H and O–H groups in total. The Morgan fingerprint density at radius 2 is 1.33 bits per heavy atom. The predicted octanol–water partition coefficient (Wildman–Crippen LogP) is 9.21. The van der Waals surface area contributed by atoms with Crippen LogP contribution in [-0.4, -0.2) is 3.21 Å². The van der Waals surface area contributed by atoms with Crippen molar-refractivity contribution < 1.29 is 24.2 Å². The van der Waals surface area contributed by atoms with E-state index in [0.29, 0.717) is 0 Å². The molecule has 0 unspecified atom stereocenters. The van der Waals surface area contributed by atoms with Gasteiger partial charge in [0.2, 0.25) is 0 Å². The van der Waals surface area contributed by atoms with Crippen molar-refractivity contribution in [3.05, 3.63) is 155 Å². The van der Waals surface area contributed by atoms with Crippen molar-refractivity contribution in [2.75, 3.05) is 0 Å². The largest absolute Gasteiger partial charge is 0.179 e. The molecule has 1 saturated carbocycles. The molecule has 1 fully saturated rings. The summed E-state index contributed by atoms with van der Waals surface area (Å²) in [4.78, 5) is 0. The smallest absolute Gasteiger partial charge is 0.00259 e. The third kappa shape index (κ3) is 8.30. The maximum atomic E-state index is 3.55. The summed E-state index contributed by atoms with van der Waals surface area (Å²) in [6.45, 7) is 0. The van der Waals surface area contributed by atoms with Crippen LogP contribution in [0, 0.1) is 12.1 Å². The molecule has 0 aromatic heterocycles. The Balaban J connectivity index is 0.000000211. The minimum Gasteiger partial charge on any atom is -0.179 e. The first-order valence-electron chi connectivity index (χ1n) is 14.3. The molecule has 4 aromatic carbocycles. The van der Waals surface area contributed by atoms with E-state index in [-0.39, 0.29) is 0 Å². The molecule has 0 spiro atoms. The molecule has 0 radical (unpaired) electrons. The molecule has 4 aromatic rings. The van der Waals surface area contributed by atoms with E-state index < -0.39 is 0 Å². The van der Waals surface area contributed by atoms with Crippen LogP contribution in [0.15, 0.2) is 109 Å². The van der Waals surface area contributed by atoms with Gasteiger partial charge in [0.25, 0.3) is 0 Å². The van der Waals surface area contributed by atoms with Crippen LogP contribution in [0.3, 0.4) is 0 Å². The normalized spacial score (nSPS) is 14.6. The number of rotatable bonds is 4. The molecule has 0 saturated heterocycles. The summed E-state index contributed by atoms with van der Waals surface area (Å²) >= 11 is 1.69. The summed E-state index contributed by atoms with van der Waals surface area (Å²) in [6.07, 6.45) is 20.3. The molecule has 0 atom stereocenters. The molecule has 0 nitrogen and oxygen atoms in total. The van der Waals surface area contributed by atoms with Crippen molar-refractivity contribution in [2.45, 2.75) is 57.8 Å². The third-order valence-corrected chi connectivity index (χ3v) is 8.69. The van der Waals surface area contributed by atoms with Crippen molar-refractivity contribution in [3.63, 3.8) is 0 Å². The molecule has 192 valence electrons. The van der Waals surface area contributed by atoms with E-state index in [0.717, 1.165) is 25.7 Å². The first-order valence-corrected chi connectivity index (χ1v) is 15.5. The van der Waals surface area contributed by atoms with Crippen molar-refractivity contribution in [2.24, 2.45) is 0 Å². The fourth-order valence-corrected chi connectivity index (χ4v) is 6.24. The molecule has 3 aliphatic carbocycles. The SMILES string of the molecule is [C-]1=CC=CC1.[Zr+2]=[C]1CCCCC1.[c-]1cc(Cc2ccccc2)cc2c1Cc1ccc(Cc3ccccc3)cc1-2. The number of benzene rings is 4. The van der Waals surface area contributed by atoms with Crippen LogP contribution in [0.1, 0.15) is 71.9 Å². The van der Waals surface area contributed by atoms with E-state index in [1.807, 2.05) is 12.2 Å². The average molecular weight is 584 g/mol. The third-order valence-electron chi connectivity index (χ3n) is 7.46. The number of hydrogen-bond acceptors (Lipinski definition) is 0. The van der Waals surface area contributed by atoms with E-state index in [1.54, 1.807) is 27.4 Å². The molecule has 7 rings (SSSR count). The second-order valence-electron chi connectivity index (χ2n) is 10.6. The van der Waals surface area contributed by atoms with Crippen LogP contribution in [0.5, 0.6) is 0 Å². The Bertz CT molecular complexity index is 1320. The minimum atomic E-state index is 0.962. The predicted molar refractivity (Wildman–Crippen MR) is 162 cm³/mol. The van der Waals surface area contributed by atoms with Crippen molar-refractivity contribution >= 4 is 3.21 Å². The first kappa shape index (κ1) is 27.7. The Hall–Kier alpha value is -2.89. The number of fused-ring (bicyclic) bond motifs is 3. The Morgan fingerprint density at radius 3 is 1.90 bits per heavy atom. The molecule has 39 heavy (non-hydrogen) atoms. The van der Waals surface area contributed by atoms with Gasteiger partial charge >= 0.3 is 59.5 Å². The molecule has 3 aliphatic rings. The van der Waals surface area contributed by atoms with E-state index >= 15 is 0 Å². The van der Waals surface area contributed by atoms with Crippen LogP contribution in [0.2, 0.25) is 0 Å². The van der Waals surface area contributed by atoms with Gasteiger partial charge in [0.1, 0.15) is 0 Å². The molecule has 0 heterocycles. The zero-order valence-electron chi connectivity index (χ0n) is 22.8. The van der Waals surface area contributed by atoms with Gasteiger partial charge in [-0.25, -0.2) is 12.2 Å². The van der Waals surface area contributed by atoms with Crippen molar-refractivity contribution in [1.82, 2.24) is 0 Å². The van der Waals surface area contributed by atoms with Crippen molar-refractivity contribution in [1.29, 1.82) is 0 Å². The van der Waals surface area contributed by atoms with E-state index in [1.165, 1.54) is 76.6 Å². The fraction of sp³-hybridized carbons (Fsp3) is 0.237. The molecule has 1 heteroatoms. The van der Waals surface area contributed by atoms with Crippen LogP contribution >= 0.6 is 0 Å². The Morgan fingerprint density at radius 1 is 0.667 bits per heavy atom. The van der Waals surface area contributed by atoms with E-state index in [9.17, 15) is 0 Å². The zero-order chi connectivity index (χ0) is 26.7. The quantitative estimate of drug-likeness (QED) is 0.185. The van der Waals surface area contributed by atoms with Gasteiger partial charge in [-0.1, -0.05) is 95.6 Å². The monoisotopic (exact) mass is 582 g/mol. The summed E-state index contributed by atoms with van der Waals surface area (Å²) in [5.74, 6) is 0. The minimum absolute atomic E-state index is 0.962. The van der Waals surface area contributed by atoms with Gasteiger partial charge in [-0.05, 0) is 30.4 Å². The zero-order valence-corrected chi connectivity index (χ0v) is 25.2. The number of allylic oxidation sites excluding steroid dienone is 4. The van der Waals surface area contributed by atoms with Gasteiger partial charge in [-0.3, -0.25) is 6.08 Å². The van der Waals surface area contributed by atoms with Gasteiger partial charge in [0.05, 0.1) is 0 Å². The summed E-state index contributed by atoms with van der Waals surface area (Å²) in [7, 11) is 0. The Kier molecular flexibility index (Phi) is 10.3. The molecular weight excluding hydrogens is 548 g/mol. The van der Waals surface area contributed by atoms with Gasteiger partial charge in [-0.2, -0.15) is 35.4 Å². The second kappa shape index (κ2) is 14.5. The fourth-order valence-electron chi connectivity index (χ4n) is 5.37. The molecule has 0 aliphatic heterocycles. The van der Waals surface area contributed by atoms with Gasteiger partial charge in [0, 0.05) is 0 Å².